The summed E-state index contributed by atoms with van der Waals surface area (Å²) in [5, 5.41) is 0. The normalized spacial score (nSPS) is 11.1. The number of halogens is 2. The molecule has 3 aromatic carbocycles. The van der Waals surface area contributed by atoms with Crippen LogP contribution < -0.4 is 0 Å². The van der Waals surface area contributed by atoms with Gasteiger partial charge in [-0.2, -0.15) is 4.89 Å². The minimum Gasteiger partial charge on any atom is -0.293 e. The van der Waals surface area contributed by atoms with Crippen molar-refractivity contribution in [3.8, 4) is 22.3 Å². The van der Waals surface area contributed by atoms with Crippen molar-refractivity contribution < 1.29 is 23.4 Å². The van der Waals surface area contributed by atoms with Crippen molar-refractivity contribution in [3.05, 3.63) is 83.4 Å². The third kappa shape index (κ3) is 10.4. The molecule has 0 aliphatic rings. The topological polar surface area (TPSA) is 35.5 Å². The largest absolute Gasteiger partial charge is 0.376 e. The number of carbonyl (C=O) groups is 1. The van der Waals surface area contributed by atoms with E-state index in [4.69, 9.17) is 9.78 Å². The summed E-state index contributed by atoms with van der Waals surface area (Å²) in [4.78, 5) is 22.8. The highest BCUT2D eigenvalue weighted by Gasteiger charge is 2.24. The lowest BCUT2D eigenvalue weighted by molar-refractivity contribution is -0.241. The molecule has 0 saturated heterocycles. The Bertz CT molecular complexity index is 1190. The molecule has 0 spiro atoms. The monoisotopic (exact) mass is 564 g/mol. The van der Waals surface area contributed by atoms with Crippen molar-refractivity contribution >= 4 is 5.97 Å². The highest BCUT2D eigenvalue weighted by atomic mass is 19.1. The summed E-state index contributed by atoms with van der Waals surface area (Å²) in [5.74, 6) is -2.25. The SMILES string of the molecule is CCCCCCCCCc1ccc(-c2c(-c3ccccc3)ccc(C(=O)OOCCCCCCCC)c2F)c(F)c1. The maximum absolute atomic E-state index is 16.0. The number of aryl methyl sites for hydroxylation is 1. The average Bonchev–Trinajstić information content (AvgIpc) is 2.98. The highest BCUT2D eigenvalue weighted by Crippen LogP contribution is 2.37. The summed E-state index contributed by atoms with van der Waals surface area (Å²) in [6.45, 7) is 4.63. The number of benzene rings is 3. The maximum Gasteiger partial charge on any atom is 0.376 e. The Kier molecular flexibility index (Phi) is 14.6. The van der Waals surface area contributed by atoms with Gasteiger partial charge in [-0.15, -0.1) is 0 Å². The summed E-state index contributed by atoms with van der Waals surface area (Å²) >= 11 is 0. The number of unbranched alkanes of at least 4 members (excludes halogenated alkanes) is 11. The van der Waals surface area contributed by atoms with Crippen LogP contribution in [0.5, 0.6) is 0 Å². The van der Waals surface area contributed by atoms with Crippen LogP contribution in [0.15, 0.2) is 60.7 Å². The van der Waals surface area contributed by atoms with E-state index in [0.29, 0.717) is 5.56 Å². The van der Waals surface area contributed by atoms with Gasteiger partial charge in [0, 0.05) is 11.1 Å². The average molecular weight is 565 g/mol. The fraction of sp³-hybridized carbons (Fsp3) is 0.472. The first kappa shape index (κ1) is 32.5. The zero-order chi connectivity index (χ0) is 29.3. The molecular weight excluding hydrogens is 518 g/mol. The Morgan fingerprint density at radius 3 is 1.95 bits per heavy atom. The van der Waals surface area contributed by atoms with Crippen LogP contribution in [0.2, 0.25) is 0 Å². The molecule has 0 aliphatic carbocycles. The molecule has 0 atom stereocenters. The third-order valence-electron chi connectivity index (χ3n) is 7.53. The number of carbonyl (C=O) groups excluding carboxylic acids is 1. The smallest absolute Gasteiger partial charge is 0.293 e. The van der Waals surface area contributed by atoms with Gasteiger partial charge in [-0.05, 0) is 48.1 Å². The molecule has 0 aromatic heterocycles. The molecule has 0 N–H and O–H groups in total. The molecule has 0 bridgehead atoms. The lowest BCUT2D eigenvalue weighted by Crippen LogP contribution is -2.10. The fourth-order valence-electron chi connectivity index (χ4n) is 5.14. The zero-order valence-corrected chi connectivity index (χ0v) is 24.9. The summed E-state index contributed by atoms with van der Waals surface area (Å²) in [5.41, 5.74) is 2.00. The second kappa shape index (κ2) is 18.4. The first-order valence-electron chi connectivity index (χ1n) is 15.6. The van der Waals surface area contributed by atoms with Gasteiger partial charge in [-0.25, -0.2) is 13.6 Å². The number of hydrogen-bond donors (Lipinski definition) is 0. The fourth-order valence-corrected chi connectivity index (χ4v) is 5.14. The molecule has 0 fully saturated rings. The Morgan fingerprint density at radius 1 is 0.683 bits per heavy atom. The molecule has 0 saturated carbocycles. The lowest BCUT2D eigenvalue weighted by Gasteiger charge is -2.15. The summed E-state index contributed by atoms with van der Waals surface area (Å²) in [6.07, 6.45) is 15.5. The predicted octanol–water partition coefficient (Wildman–Crippen LogP) is 11.0. The van der Waals surface area contributed by atoms with Gasteiger partial charge in [-0.3, -0.25) is 4.89 Å². The Balaban J connectivity index is 1.74. The van der Waals surface area contributed by atoms with Crippen molar-refractivity contribution in [2.45, 2.75) is 104 Å². The van der Waals surface area contributed by atoms with Crippen LogP contribution in [0.4, 0.5) is 8.78 Å². The van der Waals surface area contributed by atoms with Crippen molar-refractivity contribution in [1.82, 2.24) is 0 Å². The van der Waals surface area contributed by atoms with Crippen LogP contribution in [0.25, 0.3) is 22.3 Å². The molecular formula is C36H46F2O3. The van der Waals surface area contributed by atoms with Gasteiger partial charge in [-0.1, -0.05) is 133 Å². The molecule has 222 valence electrons. The van der Waals surface area contributed by atoms with E-state index in [0.717, 1.165) is 49.7 Å². The van der Waals surface area contributed by atoms with Crippen molar-refractivity contribution in [2.75, 3.05) is 6.61 Å². The van der Waals surface area contributed by atoms with Crippen LogP contribution in [0, 0.1) is 11.6 Å². The first-order chi connectivity index (χ1) is 20.1. The standard InChI is InChI=1S/C36H46F2O3/c1-3-5-7-9-11-12-15-19-28-22-23-31(33(37)27-28)34-30(29-20-16-14-17-21-29)24-25-32(35(34)38)36(39)41-40-26-18-13-10-8-6-4-2/h14,16-17,20-25,27H,3-13,15,18-19,26H2,1-2H3. The minimum atomic E-state index is -0.926. The highest BCUT2D eigenvalue weighted by molar-refractivity contribution is 5.95. The lowest BCUT2D eigenvalue weighted by atomic mass is 9.91. The molecule has 0 heterocycles. The molecule has 0 radical (unpaired) electrons. The molecule has 0 amide bonds. The van der Waals surface area contributed by atoms with Crippen LogP contribution in [-0.4, -0.2) is 12.6 Å². The van der Waals surface area contributed by atoms with Crippen LogP contribution >= 0.6 is 0 Å². The van der Waals surface area contributed by atoms with Crippen LogP contribution in [0.3, 0.4) is 0 Å². The second-order valence-electron chi connectivity index (χ2n) is 10.9. The van der Waals surface area contributed by atoms with E-state index in [1.165, 1.54) is 63.5 Å². The Hall–Kier alpha value is -3.05. The molecule has 0 aliphatic heterocycles. The molecule has 5 heteroatoms. The van der Waals surface area contributed by atoms with Gasteiger partial charge in [0.25, 0.3) is 0 Å². The van der Waals surface area contributed by atoms with E-state index in [1.807, 2.05) is 36.4 Å². The summed E-state index contributed by atoms with van der Waals surface area (Å²) in [6, 6.07) is 17.2. The van der Waals surface area contributed by atoms with Crippen LogP contribution in [-0.2, 0) is 16.2 Å². The molecule has 0 unspecified atom stereocenters. The van der Waals surface area contributed by atoms with Crippen molar-refractivity contribution in [1.29, 1.82) is 0 Å². The van der Waals surface area contributed by atoms with Crippen molar-refractivity contribution in [3.63, 3.8) is 0 Å². The summed E-state index contributed by atoms with van der Waals surface area (Å²) in [7, 11) is 0. The number of hydrogen-bond acceptors (Lipinski definition) is 3. The van der Waals surface area contributed by atoms with Crippen LogP contribution in [0.1, 0.15) is 113 Å². The van der Waals surface area contributed by atoms with Gasteiger partial charge >= 0.3 is 5.97 Å². The first-order valence-corrected chi connectivity index (χ1v) is 15.6. The van der Waals surface area contributed by atoms with E-state index >= 15 is 8.78 Å². The second-order valence-corrected chi connectivity index (χ2v) is 10.9. The minimum absolute atomic E-state index is 0.0431. The van der Waals surface area contributed by atoms with Gasteiger partial charge in [0.1, 0.15) is 11.6 Å². The Labute approximate surface area is 245 Å². The molecule has 3 nitrogen and oxygen atoms in total. The molecule has 3 aromatic rings. The number of rotatable bonds is 19. The van der Waals surface area contributed by atoms with Gasteiger partial charge in [0.2, 0.25) is 0 Å². The van der Waals surface area contributed by atoms with E-state index in [9.17, 15) is 4.79 Å². The van der Waals surface area contributed by atoms with Gasteiger partial charge in [0.15, 0.2) is 0 Å². The van der Waals surface area contributed by atoms with E-state index in [2.05, 4.69) is 13.8 Å². The summed E-state index contributed by atoms with van der Waals surface area (Å²) < 4.78 is 31.6. The molecule has 41 heavy (non-hydrogen) atoms. The quantitative estimate of drug-likeness (QED) is 0.0825. The van der Waals surface area contributed by atoms with Gasteiger partial charge < -0.3 is 0 Å². The van der Waals surface area contributed by atoms with Gasteiger partial charge in [0.05, 0.1) is 12.2 Å². The third-order valence-corrected chi connectivity index (χ3v) is 7.53. The Morgan fingerprint density at radius 2 is 1.29 bits per heavy atom. The predicted molar refractivity (Wildman–Crippen MR) is 164 cm³/mol. The van der Waals surface area contributed by atoms with E-state index < -0.39 is 17.6 Å². The van der Waals surface area contributed by atoms with E-state index in [-0.39, 0.29) is 23.3 Å². The van der Waals surface area contributed by atoms with Crippen molar-refractivity contribution in [2.24, 2.45) is 0 Å². The maximum atomic E-state index is 16.0. The zero-order valence-electron chi connectivity index (χ0n) is 24.9. The van der Waals surface area contributed by atoms with E-state index in [1.54, 1.807) is 12.1 Å². The molecule has 3 rings (SSSR count).